The van der Waals surface area contributed by atoms with Crippen molar-refractivity contribution in [3.63, 3.8) is 0 Å². The number of amides is 1. The molecule has 3 rings (SSSR count). The normalized spacial score (nSPS) is 20.3. The average Bonchev–Trinajstić information content (AvgIpc) is 3.07. The highest BCUT2D eigenvalue weighted by molar-refractivity contribution is 5.99. The topological polar surface area (TPSA) is 61.8 Å². The van der Waals surface area contributed by atoms with E-state index >= 15 is 0 Å². The smallest absolute Gasteiger partial charge is 0.224 e. The van der Waals surface area contributed by atoms with Gasteiger partial charge in [-0.05, 0) is 62.1 Å². The highest BCUT2D eigenvalue weighted by atomic mass is 19.1. The summed E-state index contributed by atoms with van der Waals surface area (Å²) in [6.07, 6.45) is 7.22. The van der Waals surface area contributed by atoms with Crippen molar-refractivity contribution in [2.45, 2.75) is 98.4 Å². The lowest BCUT2D eigenvalue weighted by molar-refractivity contribution is -0.116. The average molecular weight is 490 g/mol. The maximum atomic E-state index is 13.2. The number of nitrogens with zero attached hydrogens (tertiary/aromatic N) is 2. The monoisotopic (exact) mass is 489 g/mol. The fraction of sp³-hybridized carbons (Fsp3) is 0.607. The number of allylic oxidation sites excluding steroid dienone is 2. The second-order valence-electron chi connectivity index (χ2n) is 9.61. The molecule has 2 aliphatic rings. The van der Waals surface area contributed by atoms with E-state index in [4.69, 9.17) is 4.99 Å². The number of hydrogen-bond donors (Lipinski definition) is 1. The number of aryl methyl sites for hydroxylation is 1. The van der Waals surface area contributed by atoms with Crippen LogP contribution in [0.5, 0.6) is 0 Å². The summed E-state index contributed by atoms with van der Waals surface area (Å²) in [5, 5.41) is 2.44. The number of ketones is 1. The molecule has 1 N–H and O–H groups in total. The van der Waals surface area contributed by atoms with E-state index in [1.165, 1.54) is 12.5 Å². The van der Waals surface area contributed by atoms with Gasteiger partial charge in [0.25, 0.3) is 0 Å². The third-order valence-corrected chi connectivity index (χ3v) is 7.04. The van der Waals surface area contributed by atoms with Crippen LogP contribution in [-0.2, 0) is 16.0 Å². The summed E-state index contributed by atoms with van der Waals surface area (Å²) >= 11 is 0. The van der Waals surface area contributed by atoms with Gasteiger partial charge in [0.1, 0.15) is 23.2 Å². The van der Waals surface area contributed by atoms with E-state index < -0.39 is 11.6 Å². The lowest BCUT2D eigenvalue weighted by Gasteiger charge is -2.27. The van der Waals surface area contributed by atoms with E-state index in [9.17, 15) is 18.4 Å². The number of hydrogen-bond acceptors (Lipinski definition) is 3. The van der Waals surface area contributed by atoms with Crippen LogP contribution >= 0.6 is 0 Å². The molecule has 1 amide bonds. The van der Waals surface area contributed by atoms with Crippen molar-refractivity contribution in [2.24, 2.45) is 10.9 Å². The molecule has 0 aliphatic carbocycles. The van der Waals surface area contributed by atoms with Crippen molar-refractivity contribution < 1.29 is 18.4 Å². The largest absolute Gasteiger partial charge is 0.360 e. The Kier molecular flexibility index (Phi) is 11.1. The molecule has 0 aromatic heterocycles. The molecule has 0 radical (unpaired) electrons. The molecular weight excluding hydrogens is 448 g/mol. The van der Waals surface area contributed by atoms with Gasteiger partial charge in [-0.15, -0.1) is 0 Å². The van der Waals surface area contributed by atoms with Crippen LogP contribution in [0.15, 0.2) is 28.4 Å². The summed E-state index contributed by atoms with van der Waals surface area (Å²) in [6.45, 7) is 10.7. The van der Waals surface area contributed by atoms with Gasteiger partial charge in [0.15, 0.2) is 5.78 Å². The van der Waals surface area contributed by atoms with Gasteiger partial charge in [0.05, 0.1) is 5.69 Å². The standard InChI is InChI=1S/C18H32N2O.C10H9F2NO/c1-7-10-16(21)18(14(5)9-3)19-17-12-11-15(20(17)6)13(4)8-2;11-7-4-6-2-1-3-9(14)13-10(6)8(12)5-7/h13,15H,7-12H2,1-6H3;4-5H,1-3H2,(H,13,14). The Morgan fingerprint density at radius 3 is 2.54 bits per heavy atom. The summed E-state index contributed by atoms with van der Waals surface area (Å²) in [7, 11) is 2.13. The van der Waals surface area contributed by atoms with Crippen molar-refractivity contribution in [3.05, 3.63) is 40.6 Å². The zero-order valence-electron chi connectivity index (χ0n) is 22.1. The van der Waals surface area contributed by atoms with E-state index in [1.807, 2.05) is 13.8 Å². The van der Waals surface area contributed by atoms with Crippen molar-refractivity contribution in [3.8, 4) is 0 Å². The maximum absolute atomic E-state index is 13.2. The van der Waals surface area contributed by atoms with Crippen LogP contribution in [0.3, 0.4) is 0 Å². The van der Waals surface area contributed by atoms with Crippen LogP contribution in [0.1, 0.15) is 91.5 Å². The Hall–Kier alpha value is -2.57. The number of aliphatic imine (C=N–C) groups is 1. The zero-order valence-corrected chi connectivity index (χ0v) is 22.1. The molecule has 2 atom stereocenters. The molecule has 2 unspecified atom stereocenters. The molecule has 0 bridgehead atoms. The van der Waals surface area contributed by atoms with E-state index in [2.05, 4.69) is 38.0 Å². The van der Waals surface area contributed by atoms with Gasteiger partial charge in [-0.3, -0.25) is 9.59 Å². The van der Waals surface area contributed by atoms with Gasteiger partial charge in [-0.25, -0.2) is 13.8 Å². The summed E-state index contributed by atoms with van der Waals surface area (Å²) < 4.78 is 26.1. The molecule has 1 saturated heterocycles. The van der Waals surface area contributed by atoms with Gasteiger partial charge in [-0.2, -0.15) is 0 Å². The van der Waals surface area contributed by atoms with E-state index in [0.717, 1.165) is 43.2 Å². The van der Waals surface area contributed by atoms with Crippen molar-refractivity contribution in [1.29, 1.82) is 0 Å². The number of Topliss-reactive ketones (excluding diaryl/α,β-unsaturated/α-hetero) is 1. The number of halogens is 2. The molecular formula is C28H41F2N3O2. The van der Waals surface area contributed by atoms with Gasteiger partial charge in [0, 0.05) is 38.4 Å². The highest BCUT2D eigenvalue weighted by Gasteiger charge is 2.30. The molecule has 0 spiro atoms. The number of nitrogens with one attached hydrogen (secondary N) is 1. The minimum atomic E-state index is -0.699. The number of fused-ring (bicyclic) bond motifs is 1. The number of carbonyl (C=O) groups is 2. The van der Waals surface area contributed by atoms with Crippen LogP contribution in [0.4, 0.5) is 14.5 Å². The summed E-state index contributed by atoms with van der Waals surface area (Å²) in [5.41, 5.74) is 2.49. The third kappa shape index (κ3) is 7.71. The number of carbonyl (C=O) groups excluding carboxylic acids is 2. The van der Waals surface area contributed by atoms with Crippen LogP contribution in [-0.4, -0.2) is 35.5 Å². The predicted molar refractivity (Wildman–Crippen MR) is 139 cm³/mol. The summed E-state index contributed by atoms with van der Waals surface area (Å²) in [4.78, 5) is 30.5. The first kappa shape index (κ1) is 28.7. The lowest BCUT2D eigenvalue weighted by Crippen LogP contribution is -2.33. The molecule has 2 aliphatic heterocycles. The molecule has 1 fully saturated rings. The van der Waals surface area contributed by atoms with E-state index in [-0.39, 0.29) is 17.4 Å². The highest BCUT2D eigenvalue weighted by Crippen LogP contribution is 2.28. The molecule has 2 heterocycles. The molecule has 5 nitrogen and oxygen atoms in total. The van der Waals surface area contributed by atoms with E-state index in [0.29, 0.717) is 48.9 Å². The van der Waals surface area contributed by atoms with Gasteiger partial charge >= 0.3 is 0 Å². The number of amidine groups is 1. The number of likely N-dealkylation sites (tertiary alicyclic amines) is 1. The second kappa shape index (κ2) is 13.5. The molecule has 35 heavy (non-hydrogen) atoms. The lowest BCUT2D eigenvalue weighted by atomic mass is 9.97. The van der Waals surface area contributed by atoms with Crippen LogP contribution < -0.4 is 5.32 Å². The molecule has 194 valence electrons. The fourth-order valence-corrected chi connectivity index (χ4v) is 4.55. The van der Waals surface area contributed by atoms with Crippen LogP contribution in [0.2, 0.25) is 0 Å². The van der Waals surface area contributed by atoms with Gasteiger partial charge in [0.2, 0.25) is 5.91 Å². The Labute approximate surface area is 209 Å². The predicted octanol–water partition coefficient (Wildman–Crippen LogP) is 6.82. The first-order chi connectivity index (χ1) is 16.6. The Morgan fingerprint density at radius 2 is 1.91 bits per heavy atom. The Morgan fingerprint density at radius 1 is 1.20 bits per heavy atom. The Bertz CT molecular complexity index is 971. The molecule has 7 heteroatoms. The first-order valence-corrected chi connectivity index (χ1v) is 12.9. The van der Waals surface area contributed by atoms with Crippen molar-refractivity contribution in [2.75, 3.05) is 12.4 Å². The summed E-state index contributed by atoms with van der Waals surface area (Å²) in [5.74, 6) is 0.452. The SMILES string of the molecule is CCCC(=O)C(N=C1CCC(C(C)CC)N1C)=C(C)CC.O=C1CCCc2cc(F)cc(F)c2N1. The maximum Gasteiger partial charge on any atom is 0.224 e. The molecule has 0 saturated carbocycles. The first-order valence-electron chi connectivity index (χ1n) is 12.9. The Balaban J connectivity index is 0.000000266. The number of anilines is 1. The van der Waals surface area contributed by atoms with Crippen molar-refractivity contribution >= 4 is 23.2 Å². The van der Waals surface area contributed by atoms with E-state index in [1.54, 1.807) is 0 Å². The van der Waals surface area contributed by atoms with Gasteiger partial charge in [-0.1, -0.05) is 34.1 Å². The molecule has 1 aromatic carbocycles. The van der Waals surface area contributed by atoms with Gasteiger partial charge < -0.3 is 10.2 Å². The third-order valence-electron chi connectivity index (χ3n) is 7.04. The second-order valence-corrected chi connectivity index (χ2v) is 9.61. The van der Waals surface area contributed by atoms with Crippen LogP contribution in [0, 0.1) is 17.6 Å². The minimum Gasteiger partial charge on any atom is -0.360 e. The van der Waals surface area contributed by atoms with Crippen molar-refractivity contribution in [1.82, 2.24) is 4.90 Å². The van der Waals surface area contributed by atoms with Crippen LogP contribution in [0.25, 0.3) is 0 Å². The minimum absolute atomic E-state index is 0.133. The number of rotatable bonds is 7. The quantitative estimate of drug-likeness (QED) is 0.428. The molecule has 1 aromatic rings. The zero-order chi connectivity index (χ0) is 26.1. The summed E-state index contributed by atoms with van der Waals surface area (Å²) in [6, 6.07) is 2.62. The fourth-order valence-electron chi connectivity index (χ4n) is 4.55. The number of benzene rings is 1.